The van der Waals surface area contributed by atoms with Crippen LogP contribution in [-0.2, 0) is 41.4 Å². The van der Waals surface area contributed by atoms with E-state index in [2.05, 4.69) is 25.9 Å². The van der Waals surface area contributed by atoms with Crippen LogP contribution < -0.4 is 16.0 Å². The monoisotopic (exact) mass is 465 g/mol. The Kier molecular flexibility index (Phi) is 10.6. The van der Waals surface area contributed by atoms with Crippen molar-refractivity contribution in [1.29, 1.82) is 0 Å². The van der Waals surface area contributed by atoms with Gasteiger partial charge in [0.15, 0.2) is 0 Å². The number of hydrogen-bond acceptors (Lipinski definition) is 9. The van der Waals surface area contributed by atoms with Gasteiger partial charge >= 0.3 is 6.09 Å². The van der Waals surface area contributed by atoms with Crippen LogP contribution in [0.2, 0.25) is 0 Å². The lowest BCUT2D eigenvalue weighted by atomic mass is 9.99. The molecule has 3 amide bonds. The van der Waals surface area contributed by atoms with E-state index in [0.29, 0.717) is 30.9 Å². The number of fused-ring (bicyclic) bond motifs is 1. The standard InChI is InChI=1S/C21H31N5O7/c1-13(2)17(26-21(30)33-9-8-32-7-6-31-3)19(28)25-16-10-14-11-22-12-24-15(14)4-5-23-20(29)18(16)27/h11-13,16-17H,4-10H2,1-3H3,(H,23,29)(H,25,28)(H,26,30). The number of alkyl carbamates (subject to hydrolysis) is 1. The molecule has 2 rings (SSSR count). The Morgan fingerprint density at radius 1 is 1.21 bits per heavy atom. The lowest BCUT2D eigenvalue weighted by Crippen LogP contribution is -2.56. The number of ketones is 1. The first-order valence-corrected chi connectivity index (χ1v) is 10.7. The fourth-order valence-electron chi connectivity index (χ4n) is 3.15. The third-order valence-electron chi connectivity index (χ3n) is 4.92. The van der Waals surface area contributed by atoms with Crippen molar-refractivity contribution in [3.8, 4) is 0 Å². The summed E-state index contributed by atoms with van der Waals surface area (Å²) in [6.45, 7) is 4.69. The van der Waals surface area contributed by atoms with Gasteiger partial charge in [-0.1, -0.05) is 13.8 Å². The topological polar surface area (TPSA) is 158 Å². The Balaban J connectivity index is 2.01. The van der Waals surface area contributed by atoms with E-state index in [-0.39, 0.29) is 32.1 Å². The highest BCUT2D eigenvalue weighted by Crippen LogP contribution is 2.11. The molecule has 12 heteroatoms. The Morgan fingerprint density at radius 2 is 1.97 bits per heavy atom. The van der Waals surface area contributed by atoms with Gasteiger partial charge in [0.1, 0.15) is 25.0 Å². The van der Waals surface area contributed by atoms with Crippen LogP contribution in [0.25, 0.3) is 0 Å². The maximum absolute atomic E-state index is 12.9. The van der Waals surface area contributed by atoms with Crippen LogP contribution in [0.4, 0.5) is 4.79 Å². The zero-order valence-corrected chi connectivity index (χ0v) is 19.1. The zero-order valence-electron chi connectivity index (χ0n) is 19.1. The van der Waals surface area contributed by atoms with Gasteiger partial charge < -0.3 is 30.2 Å². The molecule has 0 aliphatic carbocycles. The molecule has 12 nitrogen and oxygen atoms in total. The molecule has 0 bridgehead atoms. The Morgan fingerprint density at radius 3 is 2.70 bits per heavy atom. The number of carbonyl (C=O) groups is 4. The summed E-state index contributed by atoms with van der Waals surface area (Å²) >= 11 is 0. The minimum atomic E-state index is -1.13. The van der Waals surface area contributed by atoms with Crippen LogP contribution in [0.15, 0.2) is 12.5 Å². The van der Waals surface area contributed by atoms with Gasteiger partial charge in [-0.25, -0.2) is 14.8 Å². The maximum atomic E-state index is 12.9. The number of carbonyl (C=O) groups excluding carboxylic acids is 4. The number of rotatable bonds is 10. The van der Waals surface area contributed by atoms with Crippen molar-refractivity contribution in [2.75, 3.05) is 40.1 Å². The van der Waals surface area contributed by atoms with Gasteiger partial charge in [-0.2, -0.15) is 0 Å². The summed E-state index contributed by atoms with van der Waals surface area (Å²) in [5.41, 5.74) is 1.35. The highest BCUT2D eigenvalue weighted by Gasteiger charge is 2.33. The van der Waals surface area contributed by atoms with E-state index in [1.165, 1.54) is 6.33 Å². The fraction of sp³-hybridized carbons (Fsp3) is 0.619. The molecule has 0 radical (unpaired) electrons. The maximum Gasteiger partial charge on any atom is 0.407 e. The molecule has 1 aromatic rings. The summed E-state index contributed by atoms with van der Waals surface area (Å²) in [6, 6.07) is -2.12. The highest BCUT2D eigenvalue weighted by molar-refractivity contribution is 6.38. The van der Waals surface area contributed by atoms with Crippen molar-refractivity contribution in [3.05, 3.63) is 23.8 Å². The summed E-state index contributed by atoms with van der Waals surface area (Å²) in [5.74, 6) is -2.49. The fourth-order valence-corrected chi connectivity index (χ4v) is 3.15. The lowest BCUT2D eigenvalue weighted by molar-refractivity contribution is -0.140. The van der Waals surface area contributed by atoms with Gasteiger partial charge in [-0.15, -0.1) is 0 Å². The SMILES string of the molecule is COCCOCCOC(=O)NC(C(=O)NC1Cc2cncnc2CCNC(=O)C1=O)C(C)C. The lowest BCUT2D eigenvalue weighted by Gasteiger charge is -2.24. The van der Waals surface area contributed by atoms with Crippen LogP contribution in [-0.4, -0.2) is 85.8 Å². The molecule has 0 saturated heterocycles. The van der Waals surface area contributed by atoms with Crippen LogP contribution in [0.3, 0.4) is 0 Å². The molecule has 0 aromatic carbocycles. The van der Waals surface area contributed by atoms with Crippen LogP contribution >= 0.6 is 0 Å². The minimum absolute atomic E-state index is 0.0000477. The third-order valence-corrected chi connectivity index (χ3v) is 4.92. The predicted molar refractivity (Wildman–Crippen MR) is 115 cm³/mol. The molecule has 1 aliphatic heterocycles. The summed E-state index contributed by atoms with van der Waals surface area (Å²) < 4.78 is 15.1. The van der Waals surface area contributed by atoms with E-state index >= 15 is 0 Å². The Hall–Kier alpha value is -3.12. The first-order valence-electron chi connectivity index (χ1n) is 10.7. The molecule has 1 aromatic heterocycles. The molecule has 0 fully saturated rings. The Bertz CT molecular complexity index is 833. The first-order chi connectivity index (χ1) is 15.8. The summed E-state index contributed by atoms with van der Waals surface area (Å²) in [5, 5.41) is 7.64. The number of methoxy groups -OCH3 is 1. The largest absolute Gasteiger partial charge is 0.447 e. The van der Waals surface area contributed by atoms with Crippen LogP contribution in [0, 0.1) is 5.92 Å². The summed E-state index contributed by atoms with van der Waals surface area (Å²) in [6.07, 6.45) is 2.66. The van der Waals surface area contributed by atoms with Gasteiger partial charge in [0.2, 0.25) is 11.7 Å². The van der Waals surface area contributed by atoms with Gasteiger partial charge in [0, 0.05) is 38.4 Å². The summed E-state index contributed by atoms with van der Waals surface area (Å²) in [4.78, 5) is 58.1. The molecule has 2 heterocycles. The molecule has 0 saturated carbocycles. The zero-order chi connectivity index (χ0) is 24.2. The number of ether oxygens (including phenoxy) is 3. The average Bonchev–Trinajstić information content (AvgIpc) is 2.84. The molecular formula is C21H31N5O7. The van der Waals surface area contributed by atoms with Crippen molar-refractivity contribution >= 4 is 23.7 Å². The van der Waals surface area contributed by atoms with E-state index in [4.69, 9.17) is 14.2 Å². The number of Topliss-reactive ketones (excluding diaryl/α,β-unsaturated/α-hetero) is 1. The average molecular weight is 466 g/mol. The number of nitrogens with one attached hydrogen (secondary N) is 3. The van der Waals surface area contributed by atoms with Crippen molar-refractivity contribution in [2.45, 2.75) is 38.8 Å². The molecule has 182 valence electrons. The number of aromatic nitrogens is 2. The summed E-state index contributed by atoms with van der Waals surface area (Å²) in [7, 11) is 1.55. The molecular weight excluding hydrogens is 434 g/mol. The van der Waals surface area contributed by atoms with Gasteiger partial charge in [0.25, 0.3) is 5.91 Å². The second kappa shape index (κ2) is 13.4. The normalized spacial score (nSPS) is 17.2. The second-order valence-corrected chi connectivity index (χ2v) is 7.74. The second-order valence-electron chi connectivity index (χ2n) is 7.74. The molecule has 1 aliphatic rings. The molecule has 33 heavy (non-hydrogen) atoms. The van der Waals surface area contributed by atoms with Crippen molar-refractivity contribution < 1.29 is 33.4 Å². The number of nitrogens with zero attached hydrogens (tertiary/aromatic N) is 2. The quantitative estimate of drug-likeness (QED) is 0.296. The smallest absolute Gasteiger partial charge is 0.407 e. The van der Waals surface area contributed by atoms with E-state index in [1.54, 1.807) is 27.2 Å². The van der Waals surface area contributed by atoms with E-state index in [0.717, 1.165) is 0 Å². The van der Waals surface area contributed by atoms with Crippen molar-refractivity contribution in [2.24, 2.45) is 5.92 Å². The minimum Gasteiger partial charge on any atom is -0.447 e. The van der Waals surface area contributed by atoms with E-state index in [9.17, 15) is 19.2 Å². The van der Waals surface area contributed by atoms with Crippen molar-refractivity contribution in [3.63, 3.8) is 0 Å². The van der Waals surface area contributed by atoms with Crippen molar-refractivity contribution in [1.82, 2.24) is 25.9 Å². The van der Waals surface area contributed by atoms with Gasteiger partial charge in [-0.3, -0.25) is 14.4 Å². The van der Waals surface area contributed by atoms with Gasteiger partial charge in [0.05, 0.1) is 19.8 Å². The van der Waals surface area contributed by atoms with Crippen LogP contribution in [0.5, 0.6) is 0 Å². The molecule has 2 unspecified atom stereocenters. The van der Waals surface area contributed by atoms with E-state index < -0.39 is 35.8 Å². The van der Waals surface area contributed by atoms with E-state index in [1.807, 2.05) is 0 Å². The number of hydrogen-bond donors (Lipinski definition) is 3. The molecule has 2 atom stereocenters. The highest BCUT2D eigenvalue weighted by atomic mass is 16.6. The van der Waals surface area contributed by atoms with Crippen LogP contribution in [0.1, 0.15) is 25.1 Å². The molecule has 3 N–H and O–H groups in total. The Labute approximate surface area is 192 Å². The van der Waals surface area contributed by atoms with Gasteiger partial charge in [-0.05, 0) is 11.5 Å². The molecule has 0 spiro atoms. The third kappa shape index (κ3) is 8.39. The first kappa shape index (κ1) is 26.1. The number of amides is 3. The predicted octanol–water partition coefficient (Wildman–Crippen LogP) is -0.841.